The topological polar surface area (TPSA) is 72.6 Å². The summed E-state index contributed by atoms with van der Waals surface area (Å²) in [6.45, 7) is 1.96. The minimum absolute atomic E-state index is 0.256. The first-order valence-electron chi connectivity index (χ1n) is 5.59. The summed E-state index contributed by atoms with van der Waals surface area (Å²) in [6, 6.07) is 9.32. The van der Waals surface area contributed by atoms with Gasteiger partial charge in [0, 0.05) is 6.08 Å². The predicted octanol–water partition coefficient (Wildman–Crippen LogP) is 0.964. The van der Waals surface area contributed by atoms with Gasteiger partial charge in [0.1, 0.15) is 0 Å². The van der Waals surface area contributed by atoms with E-state index in [0.29, 0.717) is 6.29 Å². The van der Waals surface area contributed by atoms with Crippen molar-refractivity contribution in [1.29, 1.82) is 0 Å². The number of hydroxylamine groups is 2. The van der Waals surface area contributed by atoms with Gasteiger partial charge in [0.15, 0.2) is 12.5 Å². The molecule has 1 rings (SSSR count). The Morgan fingerprint density at radius 3 is 2.67 bits per heavy atom. The molecule has 0 saturated carbocycles. The zero-order chi connectivity index (χ0) is 13.4. The number of amides is 1. The smallest absolute Gasteiger partial charge is 0.272 e. The van der Waals surface area contributed by atoms with Crippen LogP contribution in [0.1, 0.15) is 12.5 Å². The van der Waals surface area contributed by atoms with Crippen LogP contribution in [0.15, 0.2) is 36.4 Å². The molecule has 1 atom stereocenters. The number of rotatable bonds is 6. The van der Waals surface area contributed by atoms with Gasteiger partial charge in [-0.2, -0.15) is 5.06 Å². The van der Waals surface area contributed by atoms with Gasteiger partial charge < -0.3 is 5.73 Å². The van der Waals surface area contributed by atoms with Crippen LogP contribution in [0.2, 0.25) is 0 Å². The summed E-state index contributed by atoms with van der Waals surface area (Å²) in [4.78, 5) is 27.4. The van der Waals surface area contributed by atoms with Crippen molar-refractivity contribution < 1.29 is 14.4 Å². The second kappa shape index (κ2) is 7.37. The summed E-state index contributed by atoms with van der Waals surface area (Å²) < 4.78 is 0. The van der Waals surface area contributed by atoms with Crippen LogP contribution in [0.5, 0.6) is 0 Å². The van der Waals surface area contributed by atoms with Gasteiger partial charge in [-0.05, 0) is 18.6 Å². The van der Waals surface area contributed by atoms with Crippen LogP contribution < -0.4 is 5.73 Å². The molecule has 1 aromatic rings. The van der Waals surface area contributed by atoms with Gasteiger partial charge in [0.05, 0.1) is 6.61 Å². The van der Waals surface area contributed by atoms with E-state index in [9.17, 15) is 9.59 Å². The van der Waals surface area contributed by atoms with Crippen molar-refractivity contribution in [2.75, 3.05) is 6.61 Å². The molecule has 0 saturated heterocycles. The highest BCUT2D eigenvalue weighted by molar-refractivity contribution is 5.92. The zero-order valence-corrected chi connectivity index (χ0v) is 10.2. The summed E-state index contributed by atoms with van der Waals surface area (Å²) in [6.07, 6.45) is 2.29. The van der Waals surface area contributed by atoms with Crippen LogP contribution in [0.3, 0.4) is 0 Å². The van der Waals surface area contributed by atoms with Gasteiger partial charge in [-0.15, -0.1) is 0 Å². The molecule has 18 heavy (non-hydrogen) atoms. The number of carbonyl (C=O) groups is 2. The molecule has 0 radical (unpaired) electrons. The highest BCUT2D eigenvalue weighted by Crippen LogP contribution is 2.03. The van der Waals surface area contributed by atoms with Crippen molar-refractivity contribution in [1.82, 2.24) is 5.06 Å². The van der Waals surface area contributed by atoms with Crippen LogP contribution in [0.4, 0.5) is 0 Å². The van der Waals surface area contributed by atoms with Crippen molar-refractivity contribution in [3.05, 3.63) is 42.0 Å². The van der Waals surface area contributed by atoms with Crippen LogP contribution in [0.25, 0.3) is 6.08 Å². The van der Waals surface area contributed by atoms with Crippen molar-refractivity contribution >= 4 is 18.3 Å². The van der Waals surface area contributed by atoms with E-state index >= 15 is 0 Å². The third-order valence-corrected chi connectivity index (χ3v) is 2.11. The Hall–Kier alpha value is -1.98. The van der Waals surface area contributed by atoms with Crippen LogP contribution in [0, 0.1) is 0 Å². The van der Waals surface area contributed by atoms with E-state index < -0.39 is 12.1 Å². The van der Waals surface area contributed by atoms with Gasteiger partial charge in [-0.3, -0.25) is 14.4 Å². The molecule has 1 unspecified atom stereocenters. The van der Waals surface area contributed by atoms with Gasteiger partial charge in [0.25, 0.3) is 5.91 Å². The molecule has 2 N–H and O–H groups in total. The van der Waals surface area contributed by atoms with E-state index in [1.807, 2.05) is 30.3 Å². The first-order chi connectivity index (χ1) is 8.69. The molecule has 0 aliphatic rings. The summed E-state index contributed by atoms with van der Waals surface area (Å²) in [5.74, 6) is -0.472. The van der Waals surface area contributed by atoms with E-state index in [2.05, 4.69) is 0 Å². The predicted molar refractivity (Wildman–Crippen MR) is 68.0 cm³/mol. The van der Waals surface area contributed by atoms with Crippen molar-refractivity contribution in [3.63, 3.8) is 0 Å². The third-order valence-electron chi connectivity index (χ3n) is 2.11. The number of aldehydes is 1. The maximum Gasteiger partial charge on any atom is 0.272 e. The number of nitrogens with two attached hydrogens (primary N) is 1. The number of hydrogen-bond donors (Lipinski definition) is 1. The van der Waals surface area contributed by atoms with Crippen molar-refractivity contribution in [3.8, 4) is 0 Å². The van der Waals surface area contributed by atoms with Crippen molar-refractivity contribution in [2.24, 2.45) is 5.73 Å². The number of benzene rings is 1. The lowest BCUT2D eigenvalue weighted by molar-refractivity contribution is -0.191. The molecule has 0 aliphatic heterocycles. The summed E-state index contributed by atoms with van der Waals surface area (Å²) in [5, 5.41) is 0.854. The fourth-order valence-electron chi connectivity index (χ4n) is 1.30. The maximum absolute atomic E-state index is 11.8. The number of hydrogen-bond acceptors (Lipinski definition) is 4. The minimum atomic E-state index is -1.10. The standard InChI is InChI=1S/C13H16N2O3/c1-2-18-15(12(14)10-16)13(17)9-8-11-6-4-3-5-7-11/h3-10,12H,2,14H2,1H3. The van der Waals surface area contributed by atoms with Crippen LogP contribution in [-0.2, 0) is 14.4 Å². The Morgan fingerprint density at radius 1 is 1.44 bits per heavy atom. The molecule has 1 aromatic carbocycles. The lowest BCUT2D eigenvalue weighted by Crippen LogP contribution is -2.46. The van der Waals surface area contributed by atoms with E-state index in [4.69, 9.17) is 10.6 Å². The average Bonchev–Trinajstić information content (AvgIpc) is 2.42. The lowest BCUT2D eigenvalue weighted by atomic mass is 10.2. The fraction of sp³-hybridized carbons (Fsp3) is 0.231. The summed E-state index contributed by atoms with van der Waals surface area (Å²) in [5.41, 5.74) is 6.33. The molecule has 0 aromatic heterocycles. The third kappa shape index (κ3) is 4.12. The normalized spacial score (nSPS) is 12.3. The van der Waals surface area contributed by atoms with Crippen LogP contribution in [-0.4, -0.2) is 30.0 Å². The summed E-state index contributed by atoms with van der Waals surface area (Å²) in [7, 11) is 0. The molecular formula is C13H16N2O3. The highest BCUT2D eigenvalue weighted by atomic mass is 16.7. The molecule has 0 aliphatic carbocycles. The average molecular weight is 248 g/mol. The van der Waals surface area contributed by atoms with Gasteiger partial charge >= 0.3 is 0 Å². The highest BCUT2D eigenvalue weighted by Gasteiger charge is 2.18. The van der Waals surface area contributed by atoms with Gasteiger partial charge in [-0.25, -0.2) is 0 Å². The Balaban J connectivity index is 2.72. The molecular weight excluding hydrogens is 232 g/mol. The quantitative estimate of drug-likeness (QED) is 0.352. The van der Waals surface area contributed by atoms with E-state index in [-0.39, 0.29) is 6.61 Å². The summed E-state index contributed by atoms with van der Waals surface area (Å²) >= 11 is 0. The van der Waals surface area contributed by atoms with Gasteiger partial charge in [-0.1, -0.05) is 30.3 Å². The maximum atomic E-state index is 11.8. The molecule has 0 heterocycles. The molecule has 96 valence electrons. The second-order valence-corrected chi connectivity index (χ2v) is 3.45. The van der Waals surface area contributed by atoms with Gasteiger partial charge in [0.2, 0.25) is 0 Å². The SMILES string of the molecule is CCON(C(=O)C=Cc1ccccc1)C(N)C=O. The Labute approximate surface area is 106 Å². The molecule has 0 spiro atoms. The van der Waals surface area contributed by atoms with E-state index in [1.54, 1.807) is 13.0 Å². The number of carbonyl (C=O) groups excluding carboxylic acids is 2. The minimum Gasteiger partial charge on any atom is -0.303 e. The zero-order valence-electron chi connectivity index (χ0n) is 10.2. The Morgan fingerprint density at radius 2 is 2.11 bits per heavy atom. The molecule has 5 nitrogen and oxygen atoms in total. The Kier molecular flexibility index (Phi) is 5.76. The molecule has 0 fully saturated rings. The molecule has 1 amide bonds. The first kappa shape index (κ1) is 14.1. The molecule has 0 bridgehead atoms. The monoisotopic (exact) mass is 248 g/mol. The second-order valence-electron chi connectivity index (χ2n) is 3.45. The first-order valence-corrected chi connectivity index (χ1v) is 5.59. The fourth-order valence-corrected chi connectivity index (χ4v) is 1.30. The Bertz CT molecular complexity index is 418. The van der Waals surface area contributed by atoms with E-state index in [1.165, 1.54) is 6.08 Å². The van der Waals surface area contributed by atoms with Crippen LogP contribution >= 0.6 is 0 Å². The molecule has 5 heteroatoms. The largest absolute Gasteiger partial charge is 0.303 e. The lowest BCUT2D eigenvalue weighted by Gasteiger charge is -2.22. The van der Waals surface area contributed by atoms with Crippen molar-refractivity contribution in [2.45, 2.75) is 13.1 Å². The van der Waals surface area contributed by atoms with E-state index in [0.717, 1.165) is 10.6 Å². The number of nitrogens with zero attached hydrogens (tertiary/aromatic N) is 1.